The molecule has 1 aliphatic heterocycles. The van der Waals surface area contributed by atoms with Crippen LogP contribution in [0.5, 0.6) is 0 Å². The highest BCUT2D eigenvalue weighted by Crippen LogP contribution is 2.24. The van der Waals surface area contributed by atoms with Crippen LogP contribution in [0.3, 0.4) is 0 Å². The average Bonchev–Trinajstić information content (AvgIpc) is 2.70. The number of sulfonamides is 1. The molecule has 0 unspecified atom stereocenters. The van der Waals surface area contributed by atoms with E-state index in [1.54, 1.807) is 30.3 Å². The van der Waals surface area contributed by atoms with Gasteiger partial charge in [0.15, 0.2) is 0 Å². The Morgan fingerprint density at radius 2 is 1.86 bits per heavy atom. The first-order valence-electron chi connectivity index (χ1n) is 8.91. The lowest BCUT2D eigenvalue weighted by molar-refractivity contribution is 0.0383. The van der Waals surface area contributed by atoms with Crippen molar-refractivity contribution in [3.63, 3.8) is 0 Å². The molecule has 2 aromatic rings. The molecule has 1 heterocycles. The molecule has 150 valence electrons. The Bertz CT molecular complexity index is 930. The SMILES string of the molecule is O=C(NCCN1CCOCC1)c1cccc(S(=O)(=O)Nc2ccccc2Cl)c1. The first kappa shape index (κ1) is 20.6. The third-order valence-corrected chi connectivity index (χ3v) is 6.03. The van der Waals surface area contributed by atoms with E-state index in [1.165, 1.54) is 18.2 Å². The summed E-state index contributed by atoms with van der Waals surface area (Å²) >= 11 is 6.02. The van der Waals surface area contributed by atoms with Crippen LogP contribution in [-0.4, -0.2) is 58.6 Å². The number of anilines is 1. The van der Waals surface area contributed by atoms with Crippen LogP contribution in [0.25, 0.3) is 0 Å². The molecule has 1 saturated heterocycles. The first-order valence-corrected chi connectivity index (χ1v) is 10.8. The van der Waals surface area contributed by atoms with E-state index < -0.39 is 10.0 Å². The Kier molecular flexibility index (Phi) is 6.90. The summed E-state index contributed by atoms with van der Waals surface area (Å²) in [6, 6.07) is 12.5. The van der Waals surface area contributed by atoms with E-state index in [1.807, 2.05) is 0 Å². The number of halogens is 1. The van der Waals surface area contributed by atoms with E-state index >= 15 is 0 Å². The van der Waals surface area contributed by atoms with E-state index in [4.69, 9.17) is 16.3 Å². The molecule has 1 amide bonds. The summed E-state index contributed by atoms with van der Waals surface area (Å²) in [6.07, 6.45) is 0. The standard InChI is InChI=1S/C19H22ClN3O4S/c20-17-6-1-2-7-18(17)22-28(25,26)16-5-3-4-15(14-16)19(24)21-8-9-23-10-12-27-13-11-23/h1-7,14,22H,8-13H2,(H,21,24). The van der Waals surface area contributed by atoms with Gasteiger partial charge in [0, 0.05) is 31.7 Å². The number of ether oxygens (including phenoxy) is 1. The van der Waals surface area contributed by atoms with Gasteiger partial charge < -0.3 is 10.1 Å². The van der Waals surface area contributed by atoms with E-state index in [0.29, 0.717) is 24.8 Å². The smallest absolute Gasteiger partial charge is 0.261 e. The Balaban J connectivity index is 1.63. The Morgan fingerprint density at radius 3 is 2.61 bits per heavy atom. The van der Waals surface area contributed by atoms with Crippen LogP contribution in [0, 0.1) is 0 Å². The molecular weight excluding hydrogens is 402 g/mol. The zero-order valence-corrected chi connectivity index (χ0v) is 16.8. The number of nitrogens with zero attached hydrogens (tertiary/aromatic N) is 1. The van der Waals surface area contributed by atoms with Crippen molar-refractivity contribution < 1.29 is 17.9 Å². The van der Waals surface area contributed by atoms with Crippen molar-refractivity contribution in [1.82, 2.24) is 10.2 Å². The predicted octanol–water partition coefficient (Wildman–Crippen LogP) is 2.20. The van der Waals surface area contributed by atoms with Gasteiger partial charge in [-0.2, -0.15) is 0 Å². The number of hydrogen-bond donors (Lipinski definition) is 2. The molecule has 1 fully saturated rings. The van der Waals surface area contributed by atoms with Gasteiger partial charge in [-0.1, -0.05) is 29.8 Å². The number of nitrogens with one attached hydrogen (secondary N) is 2. The maximum atomic E-state index is 12.6. The fraction of sp³-hybridized carbons (Fsp3) is 0.316. The quantitative estimate of drug-likeness (QED) is 0.712. The number of morpholine rings is 1. The predicted molar refractivity (Wildman–Crippen MR) is 108 cm³/mol. The molecule has 0 radical (unpaired) electrons. The van der Waals surface area contributed by atoms with E-state index in [0.717, 1.165) is 19.6 Å². The van der Waals surface area contributed by atoms with Gasteiger partial charge in [0.1, 0.15) is 0 Å². The number of rotatable bonds is 7. The van der Waals surface area contributed by atoms with Crippen LogP contribution in [0.2, 0.25) is 5.02 Å². The lowest BCUT2D eigenvalue weighted by atomic mass is 10.2. The molecule has 7 nitrogen and oxygen atoms in total. The number of para-hydroxylation sites is 1. The van der Waals surface area contributed by atoms with Crippen molar-refractivity contribution in [2.45, 2.75) is 4.90 Å². The van der Waals surface area contributed by atoms with Gasteiger partial charge in [0.05, 0.1) is 28.8 Å². The van der Waals surface area contributed by atoms with Crippen molar-refractivity contribution >= 4 is 33.2 Å². The van der Waals surface area contributed by atoms with Crippen LogP contribution in [0.15, 0.2) is 53.4 Å². The molecule has 0 saturated carbocycles. The van der Waals surface area contributed by atoms with Gasteiger partial charge >= 0.3 is 0 Å². The van der Waals surface area contributed by atoms with Crippen LogP contribution < -0.4 is 10.0 Å². The third kappa shape index (κ3) is 5.45. The summed E-state index contributed by atoms with van der Waals surface area (Å²) < 4.78 is 33.0. The van der Waals surface area contributed by atoms with Gasteiger partial charge in [0.25, 0.3) is 15.9 Å². The lowest BCUT2D eigenvalue weighted by Gasteiger charge is -2.26. The van der Waals surface area contributed by atoms with E-state index in [2.05, 4.69) is 14.9 Å². The summed E-state index contributed by atoms with van der Waals surface area (Å²) in [7, 11) is -3.87. The van der Waals surface area contributed by atoms with Crippen molar-refractivity contribution in [1.29, 1.82) is 0 Å². The maximum absolute atomic E-state index is 12.6. The van der Waals surface area contributed by atoms with Crippen molar-refractivity contribution in [2.75, 3.05) is 44.1 Å². The summed E-state index contributed by atoms with van der Waals surface area (Å²) in [5.74, 6) is -0.317. The monoisotopic (exact) mass is 423 g/mol. The zero-order chi connectivity index (χ0) is 20.0. The second-order valence-corrected chi connectivity index (χ2v) is 8.41. The Morgan fingerprint density at radius 1 is 1.11 bits per heavy atom. The highest BCUT2D eigenvalue weighted by atomic mass is 35.5. The largest absolute Gasteiger partial charge is 0.379 e. The first-order chi connectivity index (χ1) is 13.5. The minimum Gasteiger partial charge on any atom is -0.379 e. The number of amides is 1. The van der Waals surface area contributed by atoms with Crippen LogP contribution >= 0.6 is 11.6 Å². The molecule has 2 N–H and O–H groups in total. The van der Waals surface area contributed by atoms with Gasteiger partial charge in [-0.25, -0.2) is 8.42 Å². The second-order valence-electron chi connectivity index (χ2n) is 6.32. The molecule has 28 heavy (non-hydrogen) atoms. The molecule has 0 spiro atoms. The molecular formula is C19H22ClN3O4S. The number of hydrogen-bond acceptors (Lipinski definition) is 5. The Labute approximate surface area is 169 Å². The van der Waals surface area contributed by atoms with Gasteiger partial charge in [-0.15, -0.1) is 0 Å². The lowest BCUT2D eigenvalue weighted by Crippen LogP contribution is -2.41. The van der Waals surface area contributed by atoms with Crippen LogP contribution in [0.1, 0.15) is 10.4 Å². The normalized spacial score (nSPS) is 15.2. The summed E-state index contributed by atoms with van der Waals surface area (Å²) in [4.78, 5) is 14.6. The number of carbonyl (C=O) groups is 1. The molecule has 2 aromatic carbocycles. The van der Waals surface area contributed by atoms with Crippen molar-refractivity contribution in [3.8, 4) is 0 Å². The highest BCUT2D eigenvalue weighted by molar-refractivity contribution is 7.92. The number of carbonyl (C=O) groups excluding carboxylic acids is 1. The molecule has 0 atom stereocenters. The molecule has 1 aliphatic rings. The van der Waals surface area contributed by atoms with Crippen molar-refractivity contribution in [2.24, 2.45) is 0 Å². The minimum atomic E-state index is -3.87. The van der Waals surface area contributed by atoms with Gasteiger partial charge in [0.2, 0.25) is 0 Å². The molecule has 9 heteroatoms. The fourth-order valence-corrected chi connectivity index (χ4v) is 4.17. The van der Waals surface area contributed by atoms with Crippen LogP contribution in [0.4, 0.5) is 5.69 Å². The summed E-state index contributed by atoms with van der Waals surface area (Å²) in [5.41, 5.74) is 0.563. The van der Waals surface area contributed by atoms with Crippen LogP contribution in [-0.2, 0) is 14.8 Å². The molecule has 0 bridgehead atoms. The maximum Gasteiger partial charge on any atom is 0.261 e. The van der Waals surface area contributed by atoms with E-state index in [9.17, 15) is 13.2 Å². The molecule has 3 rings (SSSR count). The van der Waals surface area contributed by atoms with Gasteiger partial charge in [-0.05, 0) is 30.3 Å². The molecule has 0 aromatic heterocycles. The summed E-state index contributed by atoms with van der Waals surface area (Å²) in [5, 5.41) is 3.12. The topological polar surface area (TPSA) is 87.7 Å². The second kappa shape index (κ2) is 9.38. The fourth-order valence-electron chi connectivity index (χ4n) is 2.81. The minimum absolute atomic E-state index is 0.00625. The van der Waals surface area contributed by atoms with Crippen molar-refractivity contribution in [3.05, 3.63) is 59.1 Å². The average molecular weight is 424 g/mol. The third-order valence-electron chi connectivity index (χ3n) is 4.34. The van der Waals surface area contributed by atoms with E-state index in [-0.39, 0.29) is 22.1 Å². The highest BCUT2D eigenvalue weighted by Gasteiger charge is 2.18. The summed E-state index contributed by atoms with van der Waals surface area (Å²) in [6.45, 7) is 4.29. The number of benzene rings is 2. The van der Waals surface area contributed by atoms with Gasteiger partial charge in [-0.3, -0.25) is 14.4 Å². The zero-order valence-electron chi connectivity index (χ0n) is 15.2. The molecule has 0 aliphatic carbocycles. The Hall–Kier alpha value is -2.13.